The van der Waals surface area contributed by atoms with Gasteiger partial charge in [-0.2, -0.15) is 0 Å². The van der Waals surface area contributed by atoms with Gasteiger partial charge in [0.1, 0.15) is 0 Å². The van der Waals surface area contributed by atoms with E-state index < -0.39 is 0 Å². The highest BCUT2D eigenvalue weighted by atomic mass is 15.2. The van der Waals surface area contributed by atoms with Gasteiger partial charge in [0.2, 0.25) is 0 Å². The SMILES string of the molecule is CN(C)c1ccc(C(CN)N2CCCCCCC2)cc1. The lowest BCUT2D eigenvalue weighted by Gasteiger charge is -2.32. The zero-order valence-corrected chi connectivity index (χ0v) is 13.0. The summed E-state index contributed by atoms with van der Waals surface area (Å²) in [7, 11) is 4.15. The van der Waals surface area contributed by atoms with Crippen molar-refractivity contribution in [3.63, 3.8) is 0 Å². The molecule has 20 heavy (non-hydrogen) atoms. The number of anilines is 1. The Labute approximate surface area is 123 Å². The van der Waals surface area contributed by atoms with Crippen molar-refractivity contribution in [1.82, 2.24) is 4.90 Å². The summed E-state index contributed by atoms with van der Waals surface area (Å²) < 4.78 is 0. The van der Waals surface area contributed by atoms with Crippen LogP contribution < -0.4 is 10.6 Å². The highest BCUT2D eigenvalue weighted by molar-refractivity contribution is 5.46. The van der Waals surface area contributed by atoms with Crippen LogP contribution in [0.2, 0.25) is 0 Å². The van der Waals surface area contributed by atoms with E-state index in [4.69, 9.17) is 5.73 Å². The van der Waals surface area contributed by atoms with Gasteiger partial charge in [-0.1, -0.05) is 31.4 Å². The van der Waals surface area contributed by atoms with Gasteiger partial charge < -0.3 is 10.6 Å². The number of benzene rings is 1. The van der Waals surface area contributed by atoms with Crippen molar-refractivity contribution >= 4 is 5.69 Å². The van der Waals surface area contributed by atoms with Crippen molar-refractivity contribution in [1.29, 1.82) is 0 Å². The van der Waals surface area contributed by atoms with E-state index in [-0.39, 0.29) is 0 Å². The minimum Gasteiger partial charge on any atom is -0.378 e. The third kappa shape index (κ3) is 3.97. The van der Waals surface area contributed by atoms with Gasteiger partial charge in [-0.3, -0.25) is 4.90 Å². The molecule has 2 N–H and O–H groups in total. The zero-order valence-electron chi connectivity index (χ0n) is 13.0. The zero-order chi connectivity index (χ0) is 14.4. The number of hydrogen-bond donors (Lipinski definition) is 1. The van der Waals surface area contributed by atoms with Gasteiger partial charge in [-0.15, -0.1) is 0 Å². The molecule has 1 aliphatic rings. The minimum absolute atomic E-state index is 0.379. The van der Waals surface area contributed by atoms with Crippen LogP contribution in [0.5, 0.6) is 0 Å². The lowest BCUT2D eigenvalue weighted by Crippen LogP contribution is -2.36. The largest absolute Gasteiger partial charge is 0.378 e. The summed E-state index contributed by atoms with van der Waals surface area (Å²) in [5, 5.41) is 0. The molecule has 0 aliphatic carbocycles. The Balaban J connectivity index is 2.09. The summed E-state index contributed by atoms with van der Waals surface area (Å²) in [5.41, 5.74) is 8.68. The molecule has 1 aromatic carbocycles. The smallest absolute Gasteiger partial charge is 0.0470 e. The third-order valence-corrected chi connectivity index (χ3v) is 4.35. The molecule has 0 saturated carbocycles. The molecular formula is C17H29N3. The molecule has 1 fully saturated rings. The first-order chi connectivity index (χ1) is 9.72. The van der Waals surface area contributed by atoms with Crippen LogP contribution in [0.1, 0.15) is 43.7 Å². The van der Waals surface area contributed by atoms with E-state index in [9.17, 15) is 0 Å². The average Bonchev–Trinajstić information content (AvgIpc) is 2.42. The summed E-state index contributed by atoms with van der Waals surface area (Å²) in [6.45, 7) is 3.09. The van der Waals surface area contributed by atoms with E-state index in [1.807, 2.05) is 0 Å². The van der Waals surface area contributed by atoms with Crippen LogP contribution in [-0.4, -0.2) is 38.6 Å². The second-order valence-electron chi connectivity index (χ2n) is 6.04. The van der Waals surface area contributed by atoms with Crippen molar-refractivity contribution in [2.45, 2.75) is 38.1 Å². The molecule has 0 radical (unpaired) electrons. The van der Waals surface area contributed by atoms with Gasteiger partial charge in [-0.05, 0) is 43.6 Å². The maximum absolute atomic E-state index is 6.07. The van der Waals surface area contributed by atoms with Crippen LogP contribution >= 0.6 is 0 Å². The normalized spacial score (nSPS) is 19.1. The summed E-state index contributed by atoms with van der Waals surface area (Å²) in [4.78, 5) is 4.72. The molecule has 1 atom stereocenters. The molecule has 2 rings (SSSR count). The number of rotatable bonds is 4. The Morgan fingerprint density at radius 3 is 2.05 bits per heavy atom. The van der Waals surface area contributed by atoms with E-state index in [0.717, 1.165) is 0 Å². The maximum atomic E-state index is 6.07. The Kier molecular flexibility index (Phi) is 5.86. The second kappa shape index (κ2) is 7.65. The van der Waals surface area contributed by atoms with Gasteiger partial charge in [-0.25, -0.2) is 0 Å². The lowest BCUT2D eigenvalue weighted by molar-refractivity contribution is 0.183. The van der Waals surface area contributed by atoms with Crippen LogP contribution in [0, 0.1) is 0 Å². The van der Waals surface area contributed by atoms with Gasteiger partial charge in [0.25, 0.3) is 0 Å². The first kappa shape index (κ1) is 15.3. The predicted octanol–water partition coefficient (Wildman–Crippen LogP) is 3.02. The van der Waals surface area contributed by atoms with E-state index in [0.29, 0.717) is 12.6 Å². The molecule has 0 spiro atoms. The minimum atomic E-state index is 0.379. The fourth-order valence-corrected chi connectivity index (χ4v) is 3.07. The van der Waals surface area contributed by atoms with Gasteiger partial charge in [0, 0.05) is 32.4 Å². The molecule has 1 heterocycles. The summed E-state index contributed by atoms with van der Waals surface area (Å²) in [5.74, 6) is 0. The van der Waals surface area contributed by atoms with Crippen molar-refractivity contribution in [2.24, 2.45) is 5.73 Å². The van der Waals surface area contributed by atoms with E-state index >= 15 is 0 Å². The Bertz CT molecular complexity index is 378. The Hall–Kier alpha value is -1.06. The summed E-state index contributed by atoms with van der Waals surface area (Å²) in [6.07, 6.45) is 6.76. The number of hydrogen-bond acceptors (Lipinski definition) is 3. The van der Waals surface area contributed by atoms with Gasteiger partial charge >= 0.3 is 0 Å². The number of nitrogens with zero attached hydrogens (tertiary/aromatic N) is 2. The average molecular weight is 275 g/mol. The Morgan fingerprint density at radius 2 is 1.55 bits per heavy atom. The van der Waals surface area contributed by atoms with Crippen molar-refractivity contribution in [3.05, 3.63) is 29.8 Å². The molecule has 3 nitrogen and oxygen atoms in total. The topological polar surface area (TPSA) is 32.5 Å². The molecule has 0 bridgehead atoms. The van der Waals surface area contributed by atoms with Crippen LogP contribution in [0.4, 0.5) is 5.69 Å². The predicted molar refractivity (Wildman–Crippen MR) is 87.2 cm³/mol. The fourth-order valence-electron chi connectivity index (χ4n) is 3.07. The summed E-state index contributed by atoms with van der Waals surface area (Å²) >= 11 is 0. The highest BCUT2D eigenvalue weighted by Crippen LogP contribution is 2.24. The molecule has 1 aromatic rings. The van der Waals surface area contributed by atoms with Gasteiger partial charge in [0.05, 0.1) is 0 Å². The molecule has 0 amide bonds. The number of nitrogens with two attached hydrogens (primary N) is 1. The standard InChI is InChI=1S/C17H29N3/c1-19(2)16-10-8-15(9-11-16)17(14-18)20-12-6-4-3-5-7-13-20/h8-11,17H,3-7,12-14,18H2,1-2H3. The van der Waals surface area contributed by atoms with Crippen LogP contribution in [0.15, 0.2) is 24.3 Å². The van der Waals surface area contributed by atoms with Gasteiger partial charge in [0.15, 0.2) is 0 Å². The molecule has 1 aliphatic heterocycles. The Morgan fingerprint density at radius 1 is 1.00 bits per heavy atom. The monoisotopic (exact) mass is 275 g/mol. The first-order valence-corrected chi connectivity index (χ1v) is 7.94. The van der Waals surface area contributed by atoms with E-state index in [1.165, 1.54) is 56.4 Å². The second-order valence-corrected chi connectivity index (χ2v) is 6.04. The van der Waals surface area contributed by atoms with Crippen LogP contribution in [0.3, 0.4) is 0 Å². The third-order valence-electron chi connectivity index (χ3n) is 4.35. The highest BCUT2D eigenvalue weighted by Gasteiger charge is 2.19. The molecule has 3 heteroatoms. The van der Waals surface area contributed by atoms with E-state index in [2.05, 4.69) is 48.2 Å². The molecule has 1 saturated heterocycles. The maximum Gasteiger partial charge on any atom is 0.0470 e. The van der Waals surface area contributed by atoms with Crippen molar-refractivity contribution in [3.8, 4) is 0 Å². The lowest BCUT2D eigenvalue weighted by atomic mass is 10.0. The number of likely N-dealkylation sites (tertiary alicyclic amines) is 1. The van der Waals surface area contributed by atoms with Crippen molar-refractivity contribution in [2.75, 3.05) is 38.6 Å². The van der Waals surface area contributed by atoms with E-state index in [1.54, 1.807) is 0 Å². The fraction of sp³-hybridized carbons (Fsp3) is 0.647. The van der Waals surface area contributed by atoms with Crippen LogP contribution in [-0.2, 0) is 0 Å². The molecular weight excluding hydrogens is 246 g/mol. The molecule has 112 valence electrons. The first-order valence-electron chi connectivity index (χ1n) is 7.94. The summed E-state index contributed by atoms with van der Waals surface area (Å²) in [6, 6.07) is 9.26. The van der Waals surface area contributed by atoms with Crippen molar-refractivity contribution < 1.29 is 0 Å². The molecule has 0 aromatic heterocycles. The van der Waals surface area contributed by atoms with Crippen LogP contribution in [0.25, 0.3) is 0 Å². The molecule has 1 unspecified atom stereocenters. The quantitative estimate of drug-likeness (QED) is 0.917.